The van der Waals surface area contributed by atoms with E-state index in [9.17, 15) is 0 Å². The Hall–Kier alpha value is -0.300. The summed E-state index contributed by atoms with van der Waals surface area (Å²) in [4.78, 5) is 2.65. The molecular formula is C17H35N. The summed E-state index contributed by atoms with van der Waals surface area (Å²) in [5.74, 6) is 1.56. The van der Waals surface area contributed by atoms with Crippen molar-refractivity contribution in [3.05, 3.63) is 12.2 Å². The van der Waals surface area contributed by atoms with Crippen LogP contribution in [0.3, 0.4) is 0 Å². The topological polar surface area (TPSA) is 3.24 Å². The maximum absolute atomic E-state index is 4.05. The van der Waals surface area contributed by atoms with Crippen LogP contribution >= 0.6 is 0 Å². The van der Waals surface area contributed by atoms with Gasteiger partial charge in [0.05, 0.1) is 0 Å². The largest absolute Gasteiger partial charge is 0.303 e. The van der Waals surface area contributed by atoms with Crippen LogP contribution in [-0.4, -0.2) is 24.5 Å². The highest BCUT2D eigenvalue weighted by molar-refractivity contribution is 4.93. The molecule has 0 aliphatic rings. The Morgan fingerprint density at radius 3 is 2.22 bits per heavy atom. The van der Waals surface area contributed by atoms with Crippen molar-refractivity contribution in [2.75, 3.05) is 19.6 Å². The first-order valence-corrected chi connectivity index (χ1v) is 7.88. The van der Waals surface area contributed by atoms with Gasteiger partial charge in [-0.3, -0.25) is 0 Å². The Morgan fingerprint density at radius 1 is 1.06 bits per heavy atom. The van der Waals surface area contributed by atoms with Crippen LogP contribution in [0.4, 0.5) is 0 Å². The molecule has 0 amide bonds. The van der Waals surface area contributed by atoms with Crippen LogP contribution in [0, 0.1) is 11.8 Å². The van der Waals surface area contributed by atoms with Gasteiger partial charge in [-0.15, -0.1) is 0 Å². The number of rotatable bonds is 11. The standard InChI is InChI=1S/C17H35N/c1-7-12-18(14-11-16(5)8-2)13-9-10-17(6)15(3)4/h16-17H,3,7-14H2,1-2,4-6H3. The van der Waals surface area contributed by atoms with Crippen LogP contribution in [-0.2, 0) is 0 Å². The van der Waals surface area contributed by atoms with Gasteiger partial charge >= 0.3 is 0 Å². The van der Waals surface area contributed by atoms with Gasteiger partial charge in [-0.1, -0.05) is 46.3 Å². The fraction of sp³-hybridized carbons (Fsp3) is 0.882. The van der Waals surface area contributed by atoms with Crippen LogP contribution in [0.5, 0.6) is 0 Å². The lowest BCUT2D eigenvalue weighted by molar-refractivity contribution is 0.245. The van der Waals surface area contributed by atoms with E-state index in [4.69, 9.17) is 0 Å². The average Bonchev–Trinajstić information content (AvgIpc) is 2.34. The third kappa shape index (κ3) is 8.74. The first kappa shape index (κ1) is 17.7. The Kier molecular flexibility index (Phi) is 10.4. The maximum Gasteiger partial charge on any atom is -0.00162 e. The zero-order chi connectivity index (χ0) is 14.0. The predicted octanol–water partition coefficient (Wildman–Crippen LogP) is 5.13. The molecule has 2 unspecified atom stereocenters. The molecule has 0 spiro atoms. The predicted molar refractivity (Wildman–Crippen MR) is 84.0 cm³/mol. The van der Waals surface area contributed by atoms with E-state index in [0.29, 0.717) is 5.92 Å². The second-order valence-corrected chi connectivity index (χ2v) is 6.03. The first-order chi connectivity index (χ1) is 8.51. The number of nitrogens with zero attached hydrogens (tertiary/aromatic N) is 1. The summed E-state index contributed by atoms with van der Waals surface area (Å²) >= 11 is 0. The summed E-state index contributed by atoms with van der Waals surface area (Å²) in [6, 6.07) is 0. The van der Waals surface area contributed by atoms with Gasteiger partial charge in [0.1, 0.15) is 0 Å². The van der Waals surface area contributed by atoms with E-state index in [1.54, 1.807) is 0 Å². The Balaban J connectivity index is 3.85. The zero-order valence-corrected chi connectivity index (χ0v) is 13.5. The molecule has 0 aromatic rings. The highest BCUT2D eigenvalue weighted by atomic mass is 15.1. The minimum Gasteiger partial charge on any atom is -0.303 e. The summed E-state index contributed by atoms with van der Waals surface area (Å²) in [5, 5.41) is 0. The van der Waals surface area contributed by atoms with Crippen LogP contribution in [0.1, 0.15) is 66.7 Å². The monoisotopic (exact) mass is 253 g/mol. The van der Waals surface area contributed by atoms with Crippen molar-refractivity contribution < 1.29 is 0 Å². The fourth-order valence-electron chi connectivity index (χ4n) is 2.13. The molecular weight excluding hydrogens is 218 g/mol. The van der Waals surface area contributed by atoms with Crippen molar-refractivity contribution in [3.8, 4) is 0 Å². The molecule has 0 aliphatic heterocycles. The molecule has 0 bridgehead atoms. The van der Waals surface area contributed by atoms with Crippen molar-refractivity contribution >= 4 is 0 Å². The molecule has 0 N–H and O–H groups in total. The van der Waals surface area contributed by atoms with Crippen LogP contribution in [0.15, 0.2) is 12.2 Å². The molecule has 2 atom stereocenters. The normalized spacial score (nSPS) is 14.8. The Morgan fingerprint density at radius 2 is 1.72 bits per heavy atom. The molecule has 1 nitrogen and oxygen atoms in total. The minimum absolute atomic E-state index is 0.683. The lowest BCUT2D eigenvalue weighted by atomic mass is 9.98. The van der Waals surface area contributed by atoms with E-state index < -0.39 is 0 Å². The van der Waals surface area contributed by atoms with Gasteiger partial charge in [0, 0.05) is 0 Å². The number of hydrogen-bond donors (Lipinski definition) is 0. The summed E-state index contributed by atoms with van der Waals surface area (Å²) < 4.78 is 0. The van der Waals surface area contributed by atoms with Gasteiger partial charge in [-0.25, -0.2) is 0 Å². The summed E-state index contributed by atoms with van der Waals surface area (Å²) in [7, 11) is 0. The van der Waals surface area contributed by atoms with Crippen LogP contribution in [0.2, 0.25) is 0 Å². The highest BCUT2D eigenvalue weighted by Gasteiger charge is 2.08. The van der Waals surface area contributed by atoms with Gasteiger partial charge in [-0.05, 0) is 64.1 Å². The summed E-state index contributed by atoms with van der Waals surface area (Å²) in [6.07, 6.45) is 6.54. The summed E-state index contributed by atoms with van der Waals surface area (Å²) in [5.41, 5.74) is 1.33. The SMILES string of the molecule is C=C(C)C(C)CCCN(CCC)CCC(C)CC. The van der Waals surface area contributed by atoms with E-state index >= 15 is 0 Å². The Labute approximate surface area is 116 Å². The van der Waals surface area contributed by atoms with Crippen molar-refractivity contribution in [2.45, 2.75) is 66.7 Å². The van der Waals surface area contributed by atoms with Gasteiger partial charge < -0.3 is 4.90 Å². The average molecular weight is 253 g/mol. The quantitative estimate of drug-likeness (QED) is 0.462. The lowest BCUT2D eigenvalue weighted by Crippen LogP contribution is -2.28. The minimum atomic E-state index is 0.683. The molecule has 0 aromatic carbocycles. The van der Waals surface area contributed by atoms with Crippen molar-refractivity contribution in [3.63, 3.8) is 0 Å². The van der Waals surface area contributed by atoms with E-state index in [0.717, 1.165) is 5.92 Å². The molecule has 1 heteroatoms. The van der Waals surface area contributed by atoms with E-state index in [2.05, 4.69) is 46.1 Å². The second-order valence-electron chi connectivity index (χ2n) is 6.03. The van der Waals surface area contributed by atoms with Crippen LogP contribution in [0.25, 0.3) is 0 Å². The third-order valence-corrected chi connectivity index (χ3v) is 4.13. The van der Waals surface area contributed by atoms with E-state index in [-0.39, 0.29) is 0 Å². The van der Waals surface area contributed by atoms with E-state index in [1.807, 2.05) is 0 Å². The van der Waals surface area contributed by atoms with Gasteiger partial charge in [0.15, 0.2) is 0 Å². The molecule has 18 heavy (non-hydrogen) atoms. The van der Waals surface area contributed by atoms with E-state index in [1.165, 1.54) is 57.3 Å². The highest BCUT2D eigenvalue weighted by Crippen LogP contribution is 2.15. The molecule has 108 valence electrons. The van der Waals surface area contributed by atoms with Crippen LogP contribution < -0.4 is 0 Å². The van der Waals surface area contributed by atoms with Gasteiger partial charge in [-0.2, -0.15) is 0 Å². The molecule has 0 saturated carbocycles. The lowest BCUT2D eigenvalue weighted by Gasteiger charge is -2.24. The zero-order valence-electron chi connectivity index (χ0n) is 13.5. The Bertz CT molecular complexity index is 210. The van der Waals surface area contributed by atoms with Crippen molar-refractivity contribution in [1.29, 1.82) is 0 Å². The molecule has 0 heterocycles. The third-order valence-electron chi connectivity index (χ3n) is 4.13. The first-order valence-electron chi connectivity index (χ1n) is 7.88. The molecule has 0 aromatic heterocycles. The second kappa shape index (κ2) is 10.6. The fourth-order valence-corrected chi connectivity index (χ4v) is 2.13. The maximum atomic E-state index is 4.05. The van der Waals surface area contributed by atoms with Crippen molar-refractivity contribution in [1.82, 2.24) is 4.90 Å². The number of allylic oxidation sites excluding steroid dienone is 1. The number of hydrogen-bond acceptors (Lipinski definition) is 1. The molecule has 0 radical (unpaired) electrons. The van der Waals surface area contributed by atoms with Gasteiger partial charge in [0.2, 0.25) is 0 Å². The van der Waals surface area contributed by atoms with Gasteiger partial charge in [0.25, 0.3) is 0 Å². The van der Waals surface area contributed by atoms with Crippen molar-refractivity contribution in [2.24, 2.45) is 11.8 Å². The summed E-state index contributed by atoms with van der Waals surface area (Å²) in [6.45, 7) is 19.3. The molecule has 0 saturated heterocycles. The molecule has 0 fully saturated rings. The molecule has 0 aliphatic carbocycles. The smallest absolute Gasteiger partial charge is 0.00162 e. The molecule has 0 rings (SSSR count).